The van der Waals surface area contributed by atoms with Crippen molar-refractivity contribution in [3.63, 3.8) is 0 Å². The normalized spacial score (nSPS) is 20.6. The molecule has 0 radical (unpaired) electrons. The highest BCUT2D eigenvalue weighted by molar-refractivity contribution is 5.78. The fraction of sp³-hybridized carbons (Fsp3) is 0.923. The average molecular weight is 226 g/mol. The van der Waals surface area contributed by atoms with Crippen molar-refractivity contribution in [2.24, 2.45) is 5.92 Å². The Kier molecular flexibility index (Phi) is 6.46. The van der Waals surface area contributed by atoms with Gasteiger partial charge in [0.05, 0.1) is 0 Å². The predicted octanol–water partition coefficient (Wildman–Crippen LogP) is 2.02. The first-order valence-electron chi connectivity index (χ1n) is 6.71. The quantitative estimate of drug-likeness (QED) is 0.742. The summed E-state index contributed by atoms with van der Waals surface area (Å²) in [6.07, 6.45) is 6.60. The third kappa shape index (κ3) is 4.97. The summed E-state index contributed by atoms with van der Waals surface area (Å²) in [4.78, 5) is 13.2. The number of carbonyl (C=O) groups is 1. The number of likely N-dealkylation sites (tertiary alicyclic amines) is 1. The van der Waals surface area contributed by atoms with E-state index in [1.165, 1.54) is 45.2 Å². The van der Waals surface area contributed by atoms with E-state index in [-0.39, 0.29) is 5.92 Å². The van der Waals surface area contributed by atoms with Gasteiger partial charge in [0.25, 0.3) is 0 Å². The molecule has 2 rings (SSSR count). The topological polar surface area (TPSA) is 32.3 Å². The molecule has 1 N–H and O–H groups in total. The first-order chi connectivity index (χ1) is 7.72. The number of carbonyl (C=O) groups excluding carboxylic acids is 1. The molecule has 0 aromatic carbocycles. The van der Waals surface area contributed by atoms with E-state index in [0.29, 0.717) is 5.91 Å². The van der Waals surface area contributed by atoms with Gasteiger partial charge in [-0.1, -0.05) is 20.3 Å². The Morgan fingerprint density at radius 3 is 1.88 bits per heavy atom. The minimum absolute atomic E-state index is 0.179. The second kappa shape index (κ2) is 7.66. The van der Waals surface area contributed by atoms with Crippen LogP contribution in [0.4, 0.5) is 0 Å². The lowest BCUT2D eigenvalue weighted by Crippen LogP contribution is -2.31. The highest BCUT2D eigenvalue weighted by Crippen LogP contribution is 2.10. The zero-order valence-electron chi connectivity index (χ0n) is 10.8. The molecular weight excluding hydrogens is 200 g/mol. The Morgan fingerprint density at radius 1 is 1.00 bits per heavy atom. The van der Waals surface area contributed by atoms with Crippen LogP contribution in [0.15, 0.2) is 0 Å². The molecule has 2 fully saturated rings. The van der Waals surface area contributed by atoms with E-state index in [1.807, 2.05) is 18.7 Å². The van der Waals surface area contributed by atoms with Crippen LogP contribution >= 0.6 is 0 Å². The van der Waals surface area contributed by atoms with Crippen LogP contribution in [0, 0.1) is 5.92 Å². The first kappa shape index (κ1) is 13.5. The number of rotatable bonds is 1. The molecule has 3 heteroatoms. The minimum Gasteiger partial charge on any atom is -0.342 e. The lowest BCUT2D eigenvalue weighted by atomic mass is 10.2. The van der Waals surface area contributed by atoms with Crippen LogP contribution in [-0.4, -0.2) is 37.0 Å². The molecule has 0 atom stereocenters. The largest absolute Gasteiger partial charge is 0.342 e. The van der Waals surface area contributed by atoms with Gasteiger partial charge in [0.1, 0.15) is 0 Å². The number of hydrogen-bond acceptors (Lipinski definition) is 2. The van der Waals surface area contributed by atoms with Crippen molar-refractivity contribution in [2.45, 2.75) is 46.0 Å². The lowest BCUT2D eigenvalue weighted by Gasteiger charge is -2.17. The van der Waals surface area contributed by atoms with Crippen LogP contribution < -0.4 is 5.32 Å². The first-order valence-corrected chi connectivity index (χ1v) is 6.71. The second-order valence-electron chi connectivity index (χ2n) is 5.00. The van der Waals surface area contributed by atoms with Crippen molar-refractivity contribution in [3.8, 4) is 0 Å². The molecule has 0 saturated carbocycles. The van der Waals surface area contributed by atoms with Crippen LogP contribution in [0.5, 0.6) is 0 Å². The maximum atomic E-state index is 11.3. The molecule has 2 aliphatic heterocycles. The summed E-state index contributed by atoms with van der Waals surface area (Å²) in [7, 11) is 0. The molecule has 2 saturated heterocycles. The summed E-state index contributed by atoms with van der Waals surface area (Å²) in [5.74, 6) is 0.496. The summed E-state index contributed by atoms with van der Waals surface area (Å²) >= 11 is 0. The maximum absolute atomic E-state index is 11.3. The monoisotopic (exact) mass is 226 g/mol. The van der Waals surface area contributed by atoms with E-state index in [1.54, 1.807) is 0 Å². The van der Waals surface area contributed by atoms with E-state index in [4.69, 9.17) is 0 Å². The highest BCUT2D eigenvalue weighted by Gasteiger charge is 2.19. The molecule has 2 aliphatic rings. The van der Waals surface area contributed by atoms with E-state index in [9.17, 15) is 4.79 Å². The third-order valence-corrected chi connectivity index (χ3v) is 3.12. The standard InChI is InChI=1S/C8H15NO.C5H11N/c1-7(2)8(10)9-5-3-4-6-9;1-2-4-6-5-3-1/h7H,3-6H2,1-2H3;6H,1-5H2. The number of nitrogens with one attached hydrogen (secondary N) is 1. The van der Waals surface area contributed by atoms with Crippen molar-refractivity contribution < 1.29 is 4.79 Å². The van der Waals surface area contributed by atoms with Crippen LogP contribution in [0.25, 0.3) is 0 Å². The van der Waals surface area contributed by atoms with Gasteiger partial charge in [-0.2, -0.15) is 0 Å². The van der Waals surface area contributed by atoms with E-state index >= 15 is 0 Å². The van der Waals surface area contributed by atoms with Gasteiger partial charge in [-0.25, -0.2) is 0 Å². The predicted molar refractivity (Wildman–Crippen MR) is 67.4 cm³/mol. The summed E-state index contributed by atoms with van der Waals surface area (Å²) < 4.78 is 0. The summed E-state index contributed by atoms with van der Waals surface area (Å²) in [6, 6.07) is 0. The molecular formula is C13H26N2O. The summed E-state index contributed by atoms with van der Waals surface area (Å²) in [5, 5.41) is 3.28. The zero-order valence-corrected chi connectivity index (χ0v) is 10.8. The Labute approximate surface area is 99.6 Å². The van der Waals surface area contributed by atoms with Crippen molar-refractivity contribution in [3.05, 3.63) is 0 Å². The minimum atomic E-state index is 0.179. The molecule has 0 aromatic rings. The molecule has 0 aromatic heterocycles. The van der Waals surface area contributed by atoms with Gasteiger partial charge in [-0.3, -0.25) is 4.79 Å². The molecule has 0 bridgehead atoms. The molecule has 1 amide bonds. The van der Waals surface area contributed by atoms with Crippen LogP contribution in [0.1, 0.15) is 46.0 Å². The molecule has 16 heavy (non-hydrogen) atoms. The average Bonchev–Trinajstić information content (AvgIpc) is 2.84. The van der Waals surface area contributed by atoms with Crippen molar-refractivity contribution in [1.82, 2.24) is 10.2 Å². The SMILES string of the molecule is C1CCNCC1.CC(C)C(=O)N1CCCC1. The van der Waals surface area contributed by atoms with Gasteiger partial charge in [-0.05, 0) is 38.8 Å². The van der Waals surface area contributed by atoms with E-state index < -0.39 is 0 Å². The Balaban J connectivity index is 0.000000181. The van der Waals surface area contributed by atoms with Gasteiger partial charge < -0.3 is 10.2 Å². The van der Waals surface area contributed by atoms with Gasteiger partial charge in [0.2, 0.25) is 5.91 Å². The Hall–Kier alpha value is -0.570. The molecule has 0 unspecified atom stereocenters. The molecule has 0 aliphatic carbocycles. The summed E-state index contributed by atoms with van der Waals surface area (Å²) in [5.41, 5.74) is 0. The van der Waals surface area contributed by atoms with Crippen LogP contribution in [-0.2, 0) is 4.79 Å². The fourth-order valence-electron chi connectivity index (χ4n) is 2.10. The smallest absolute Gasteiger partial charge is 0.225 e. The Bertz CT molecular complexity index is 183. The maximum Gasteiger partial charge on any atom is 0.225 e. The third-order valence-electron chi connectivity index (χ3n) is 3.12. The van der Waals surface area contributed by atoms with Crippen LogP contribution in [0.3, 0.4) is 0 Å². The van der Waals surface area contributed by atoms with Crippen LogP contribution in [0.2, 0.25) is 0 Å². The van der Waals surface area contributed by atoms with Gasteiger partial charge in [0.15, 0.2) is 0 Å². The Morgan fingerprint density at radius 2 is 1.56 bits per heavy atom. The number of hydrogen-bond donors (Lipinski definition) is 1. The molecule has 2 heterocycles. The zero-order chi connectivity index (χ0) is 11.8. The molecule has 0 spiro atoms. The van der Waals surface area contributed by atoms with Crippen molar-refractivity contribution >= 4 is 5.91 Å². The lowest BCUT2D eigenvalue weighted by molar-refractivity contribution is -0.133. The van der Waals surface area contributed by atoms with Crippen molar-refractivity contribution in [1.29, 1.82) is 0 Å². The van der Waals surface area contributed by atoms with Crippen molar-refractivity contribution in [2.75, 3.05) is 26.2 Å². The number of piperidine rings is 1. The van der Waals surface area contributed by atoms with Gasteiger partial charge >= 0.3 is 0 Å². The number of amides is 1. The molecule has 3 nitrogen and oxygen atoms in total. The van der Waals surface area contributed by atoms with Gasteiger partial charge in [0, 0.05) is 19.0 Å². The molecule has 94 valence electrons. The highest BCUT2D eigenvalue weighted by atomic mass is 16.2. The van der Waals surface area contributed by atoms with E-state index in [2.05, 4.69) is 5.32 Å². The van der Waals surface area contributed by atoms with E-state index in [0.717, 1.165) is 13.1 Å². The second-order valence-corrected chi connectivity index (χ2v) is 5.00. The van der Waals surface area contributed by atoms with Gasteiger partial charge in [-0.15, -0.1) is 0 Å². The summed E-state index contributed by atoms with van der Waals surface area (Å²) in [6.45, 7) is 8.38. The fourth-order valence-corrected chi connectivity index (χ4v) is 2.10. The number of nitrogens with zero attached hydrogens (tertiary/aromatic N) is 1.